The lowest BCUT2D eigenvalue weighted by Crippen LogP contribution is -2.16. The SMILES string of the molecule is COc1cc(Br)c(NC(=O)CSc2nccc(=O)[nH]2)c(Br)c1Br. The van der Waals surface area contributed by atoms with Gasteiger partial charge in [0.2, 0.25) is 5.91 Å². The maximum atomic E-state index is 12.1. The summed E-state index contributed by atoms with van der Waals surface area (Å²) in [6, 6.07) is 3.06. The smallest absolute Gasteiger partial charge is 0.251 e. The Morgan fingerprint density at radius 1 is 1.39 bits per heavy atom. The van der Waals surface area contributed by atoms with Crippen LogP contribution in [0.15, 0.2) is 41.7 Å². The number of halogens is 3. The predicted molar refractivity (Wildman–Crippen MR) is 100 cm³/mol. The number of nitrogens with one attached hydrogen (secondary N) is 2. The van der Waals surface area contributed by atoms with Crippen molar-refractivity contribution in [3.63, 3.8) is 0 Å². The highest BCUT2D eigenvalue weighted by Crippen LogP contribution is 2.42. The van der Waals surface area contributed by atoms with Crippen molar-refractivity contribution in [3.8, 4) is 5.75 Å². The molecule has 0 aliphatic rings. The minimum absolute atomic E-state index is 0.107. The van der Waals surface area contributed by atoms with Crippen LogP contribution in [-0.2, 0) is 4.79 Å². The van der Waals surface area contributed by atoms with Crippen LogP contribution in [0, 0.1) is 0 Å². The Labute approximate surface area is 161 Å². The van der Waals surface area contributed by atoms with Crippen LogP contribution in [0.4, 0.5) is 5.69 Å². The number of aromatic nitrogens is 2. The average Bonchev–Trinajstić information content (AvgIpc) is 2.53. The van der Waals surface area contributed by atoms with E-state index in [1.54, 1.807) is 13.2 Å². The molecule has 23 heavy (non-hydrogen) atoms. The zero-order valence-electron chi connectivity index (χ0n) is 11.7. The number of hydrogen-bond acceptors (Lipinski definition) is 5. The second kappa shape index (κ2) is 8.32. The van der Waals surface area contributed by atoms with Crippen LogP contribution in [0.1, 0.15) is 0 Å². The fraction of sp³-hybridized carbons (Fsp3) is 0.154. The van der Waals surface area contributed by atoms with Crippen LogP contribution in [0.5, 0.6) is 5.75 Å². The van der Waals surface area contributed by atoms with Gasteiger partial charge >= 0.3 is 0 Å². The average molecular weight is 528 g/mol. The van der Waals surface area contributed by atoms with E-state index < -0.39 is 0 Å². The number of carbonyl (C=O) groups is 1. The summed E-state index contributed by atoms with van der Waals surface area (Å²) in [5.74, 6) is 0.498. The quantitative estimate of drug-likeness (QED) is 0.351. The molecule has 1 heterocycles. The number of amides is 1. The third-order valence-electron chi connectivity index (χ3n) is 2.60. The third-order valence-corrected chi connectivity index (χ3v) is 6.22. The number of anilines is 1. The van der Waals surface area contributed by atoms with Gasteiger partial charge in [-0.05, 0) is 53.9 Å². The van der Waals surface area contributed by atoms with E-state index in [4.69, 9.17) is 4.74 Å². The Morgan fingerprint density at radius 3 is 2.78 bits per heavy atom. The summed E-state index contributed by atoms with van der Waals surface area (Å²) >= 11 is 11.4. The maximum absolute atomic E-state index is 12.1. The van der Waals surface area contributed by atoms with Crippen molar-refractivity contribution in [2.24, 2.45) is 0 Å². The minimum atomic E-state index is -0.257. The molecule has 0 atom stereocenters. The van der Waals surface area contributed by atoms with Crippen molar-refractivity contribution in [3.05, 3.63) is 42.1 Å². The summed E-state index contributed by atoms with van der Waals surface area (Å²) in [6.45, 7) is 0. The first-order valence-electron chi connectivity index (χ1n) is 6.12. The molecule has 2 rings (SSSR count). The lowest BCUT2D eigenvalue weighted by molar-refractivity contribution is -0.113. The number of ether oxygens (including phenoxy) is 1. The molecule has 0 spiro atoms. The van der Waals surface area contributed by atoms with Crippen molar-refractivity contribution >= 4 is 71.1 Å². The van der Waals surface area contributed by atoms with Crippen LogP contribution in [0.25, 0.3) is 0 Å². The van der Waals surface area contributed by atoms with E-state index in [1.807, 2.05) is 0 Å². The molecule has 0 bridgehead atoms. The van der Waals surface area contributed by atoms with Gasteiger partial charge in [0, 0.05) is 16.7 Å². The molecule has 1 aromatic carbocycles. The van der Waals surface area contributed by atoms with E-state index >= 15 is 0 Å². The first-order chi connectivity index (χ1) is 10.9. The molecule has 1 aromatic heterocycles. The van der Waals surface area contributed by atoms with E-state index in [0.717, 1.165) is 11.8 Å². The number of aromatic amines is 1. The Hall–Kier alpha value is -0.840. The third kappa shape index (κ3) is 4.82. The number of carbonyl (C=O) groups excluding carboxylic acids is 1. The van der Waals surface area contributed by atoms with Gasteiger partial charge in [0.1, 0.15) is 5.75 Å². The highest BCUT2D eigenvalue weighted by molar-refractivity contribution is 9.13. The van der Waals surface area contributed by atoms with Gasteiger partial charge in [-0.1, -0.05) is 11.8 Å². The normalized spacial score (nSPS) is 10.4. The van der Waals surface area contributed by atoms with Crippen LogP contribution in [0.2, 0.25) is 0 Å². The van der Waals surface area contributed by atoms with Crippen molar-refractivity contribution in [1.82, 2.24) is 9.97 Å². The Bertz CT molecular complexity index is 798. The lowest BCUT2D eigenvalue weighted by atomic mass is 10.3. The number of thioether (sulfide) groups is 1. The van der Waals surface area contributed by atoms with E-state index in [2.05, 4.69) is 63.1 Å². The molecule has 0 aliphatic carbocycles. The molecule has 122 valence electrons. The van der Waals surface area contributed by atoms with E-state index in [1.165, 1.54) is 12.3 Å². The summed E-state index contributed by atoms with van der Waals surface area (Å²) in [5, 5.41) is 3.19. The summed E-state index contributed by atoms with van der Waals surface area (Å²) in [6.07, 6.45) is 1.40. The Morgan fingerprint density at radius 2 is 2.13 bits per heavy atom. The molecule has 0 aliphatic heterocycles. The van der Waals surface area contributed by atoms with Gasteiger partial charge < -0.3 is 15.0 Å². The van der Waals surface area contributed by atoms with Crippen LogP contribution in [-0.4, -0.2) is 28.7 Å². The molecule has 0 fully saturated rings. The highest BCUT2D eigenvalue weighted by Gasteiger charge is 2.16. The maximum Gasteiger partial charge on any atom is 0.251 e. The monoisotopic (exact) mass is 525 g/mol. The van der Waals surface area contributed by atoms with Gasteiger partial charge in [-0.3, -0.25) is 9.59 Å². The molecular formula is C13H10Br3N3O3S. The van der Waals surface area contributed by atoms with E-state index in [9.17, 15) is 9.59 Å². The standard InChI is InChI=1S/C13H10Br3N3O3S/c1-22-7-4-6(14)12(11(16)10(7)15)18-9(21)5-23-13-17-3-2-8(20)19-13/h2-4H,5H2,1H3,(H,18,21)(H,17,19,20). The molecule has 2 N–H and O–H groups in total. The van der Waals surface area contributed by atoms with Gasteiger partial charge in [-0.15, -0.1) is 0 Å². The van der Waals surface area contributed by atoms with E-state index in [0.29, 0.717) is 30.0 Å². The first kappa shape index (κ1) is 18.5. The summed E-state index contributed by atoms with van der Waals surface area (Å²) in [5.41, 5.74) is 0.324. The number of rotatable bonds is 5. The molecule has 2 aromatic rings. The molecule has 0 saturated carbocycles. The topological polar surface area (TPSA) is 84.1 Å². The van der Waals surface area contributed by atoms with Crippen LogP contribution < -0.4 is 15.6 Å². The summed E-state index contributed by atoms with van der Waals surface area (Å²) in [7, 11) is 1.56. The highest BCUT2D eigenvalue weighted by atomic mass is 79.9. The van der Waals surface area contributed by atoms with Crippen LogP contribution in [0.3, 0.4) is 0 Å². The number of benzene rings is 1. The molecule has 0 saturated heterocycles. The second-order valence-corrected chi connectivity index (χ2v) is 7.54. The number of methoxy groups -OCH3 is 1. The molecule has 0 radical (unpaired) electrons. The fourth-order valence-corrected chi connectivity index (χ4v) is 3.97. The Kier molecular flexibility index (Phi) is 6.69. The van der Waals surface area contributed by atoms with Crippen molar-refractivity contribution in [2.75, 3.05) is 18.2 Å². The molecular weight excluding hydrogens is 518 g/mol. The zero-order chi connectivity index (χ0) is 17.0. The lowest BCUT2D eigenvalue weighted by Gasteiger charge is -2.13. The minimum Gasteiger partial charge on any atom is -0.495 e. The largest absolute Gasteiger partial charge is 0.495 e. The molecule has 0 unspecified atom stereocenters. The first-order valence-corrected chi connectivity index (χ1v) is 9.48. The van der Waals surface area contributed by atoms with Crippen molar-refractivity contribution < 1.29 is 9.53 Å². The summed E-state index contributed by atoms with van der Waals surface area (Å²) in [4.78, 5) is 29.8. The van der Waals surface area contributed by atoms with Gasteiger partial charge in [-0.2, -0.15) is 0 Å². The molecule has 6 nitrogen and oxygen atoms in total. The fourth-order valence-electron chi connectivity index (χ4n) is 1.57. The Balaban J connectivity index is 2.09. The number of nitrogens with zero attached hydrogens (tertiary/aromatic N) is 1. The van der Waals surface area contributed by atoms with Gasteiger partial charge in [-0.25, -0.2) is 4.98 Å². The van der Waals surface area contributed by atoms with Crippen LogP contribution >= 0.6 is 59.6 Å². The van der Waals surface area contributed by atoms with Gasteiger partial charge in [0.15, 0.2) is 5.16 Å². The molecule has 10 heteroatoms. The van der Waals surface area contributed by atoms with Gasteiger partial charge in [0.25, 0.3) is 5.56 Å². The van der Waals surface area contributed by atoms with Crippen molar-refractivity contribution in [2.45, 2.75) is 5.16 Å². The van der Waals surface area contributed by atoms with Crippen molar-refractivity contribution in [1.29, 1.82) is 0 Å². The second-order valence-electron chi connectivity index (χ2n) is 4.14. The number of H-pyrrole nitrogens is 1. The summed E-state index contributed by atoms with van der Waals surface area (Å²) < 4.78 is 7.25. The zero-order valence-corrected chi connectivity index (χ0v) is 17.2. The van der Waals surface area contributed by atoms with Gasteiger partial charge in [0.05, 0.1) is 27.5 Å². The molecule has 1 amide bonds. The number of hydrogen-bond donors (Lipinski definition) is 2. The van der Waals surface area contributed by atoms with E-state index in [-0.39, 0.29) is 17.2 Å². The predicted octanol–water partition coefficient (Wildman–Crippen LogP) is 3.80.